The average Bonchev–Trinajstić information content (AvgIpc) is 2.59. The van der Waals surface area contributed by atoms with E-state index in [1.165, 1.54) is 23.4 Å². The fourth-order valence-electron chi connectivity index (χ4n) is 2.23. The van der Waals surface area contributed by atoms with Crippen LogP contribution in [0.25, 0.3) is 0 Å². The van der Waals surface area contributed by atoms with E-state index in [0.717, 1.165) is 13.1 Å². The Hall–Kier alpha value is -1.05. The summed E-state index contributed by atoms with van der Waals surface area (Å²) in [6, 6.07) is 2.17. The van der Waals surface area contributed by atoms with Crippen molar-refractivity contribution in [1.29, 1.82) is 0 Å². The van der Waals surface area contributed by atoms with Gasteiger partial charge in [0.05, 0.1) is 0 Å². The number of nitrogens with zero attached hydrogens (tertiary/aromatic N) is 2. The first-order valence-electron chi connectivity index (χ1n) is 5.46. The molecule has 0 fully saturated rings. The maximum atomic E-state index is 4.48. The first kappa shape index (κ1) is 9.50. The molecule has 0 saturated carbocycles. The van der Waals surface area contributed by atoms with Gasteiger partial charge in [-0.15, -0.1) is 0 Å². The lowest BCUT2D eigenvalue weighted by molar-refractivity contribution is 0.840. The summed E-state index contributed by atoms with van der Waals surface area (Å²) in [6.45, 7) is 8.91. The van der Waals surface area contributed by atoms with E-state index in [1.54, 1.807) is 0 Å². The van der Waals surface area contributed by atoms with Crippen LogP contribution in [0.3, 0.4) is 0 Å². The first-order chi connectivity index (χ1) is 6.74. The van der Waals surface area contributed by atoms with Crippen LogP contribution in [0.5, 0.6) is 0 Å². The van der Waals surface area contributed by atoms with E-state index in [0.29, 0.717) is 5.92 Å². The topological polar surface area (TPSA) is 16.1 Å². The van der Waals surface area contributed by atoms with Gasteiger partial charge < -0.3 is 4.90 Å². The molecule has 76 valence electrons. The van der Waals surface area contributed by atoms with Gasteiger partial charge in [0, 0.05) is 19.3 Å². The second-order valence-electron chi connectivity index (χ2n) is 4.19. The highest BCUT2D eigenvalue weighted by Gasteiger charge is 2.22. The Balaban J connectivity index is 2.44. The molecular formula is C12H18N2. The Morgan fingerprint density at radius 3 is 2.93 bits per heavy atom. The third-order valence-electron chi connectivity index (χ3n) is 3.00. The Bertz CT molecular complexity index is 331. The van der Waals surface area contributed by atoms with Crippen LogP contribution in [0.1, 0.15) is 37.8 Å². The van der Waals surface area contributed by atoms with Gasteiger partial charge in [-0.3, -0.25) is 0 Å². The molecule has 2 rings (SSSR count). The molecule has 0 spiro atoms. The van der Waals surface area contributed by atoms with Crippen LogP contribution in [0, 0.1) is 0 Å². The Morgan fingerprint density at radius 1 is 1.50 bits per heavy atom. The van der Waals surface area contributed by atoms with Gasteiger partial charge >= 0.3 is 0 Å². The highest BCUT2D eigenvalue weighted by atomic mass is 15.2. The van der Waals surface area contributed by atoms with Gasteiger partial charge in [0.1, 0.15) is 5.82 Å². The van der Waals surface area contributed by atoms with Gasteiger partial charge in [-0.2, -0.15) is 0 Å². The molecule has 0 atom stereocenters. The van der Waals surface area contributed by atoms with Crippen molar-refractivity contribution in [2.75, 3.05) is 18.0 Å². The number of fused-ring (bicyclic) bond motifs is 1. The van der Waals surface area contributed by atoms with Gasteiger partial charge in [-0.05, 0) is 36.5 Å². The van der Waals surface area contributed by atoms with E-state index < -0.39 is 0 Å². The van der Waals surface area contributed by atoms with Gasteiger partial charge in [-0.1, -0.05) is 13.8 Å². The van der Waals surface area contributed by atoms with Crippen LogP contribution < -0.4 is 4.90 Å². The number of pyridine rings is 1. The zero-order chi connectivity index (χ0) is 10.1. The molecule has 1 aromatic heterocycles. The number of likely N-dealkylation sites (N-methyl/N-ethyl adjacent to an activating group) is 1. The van der Waals surface area contributed by atoms with Crippen LogP contribution >= 0.6 is 0 Å². The van der Waals surface area contributed by atoms with Crippen molar-refractivity contribution in [2.45, 2.75) is 33.1 Å². The Kier molecular flexibility index (Phi) is 2.44. The van der Waals surface area contributed by atoms with Crippen LogP contribution in [0.4, 0.5) is 5.82 Å². The minimum atomic E-state index is 0.614. The fourth-order valence-corrected chi connectivity index (χ4v) is 2.23. The number of rotatable bonds is 2. The molecule has 0 bridgehead atoms. The zero-order valence-corrected chi connectivity index (χ0v) is 9.25. The molecule has 0 N–H and O–H groups in total. The van der Waals surface area contributed by atoms with Crippen molar-refractivity contribution in [1.82, 2.24) is 4.98 Å². The van der Waals surface area contributed by atoms with E-state index in [9.17, 15) is 0 Å². The van der Waals surface area contributed by atoms with E-state index in [2.05, 4.69) is 36.7 Å². The lowest BCUT2D eigenvalue weighted by atomic mass is 9.98. The summed E-state index contributed by atoms with van der Waals surface area (Å²) in [7, 11) is 0. The van der Waals surface area contributed by atoms with Crippen molar-refractivity contribution in [3.8, 4) is 0 Å². The largest absolute Gasteiger partial charge is 0.356 e. The number of aromatic nitrogens is 1. The minimum absolute atomic E-state index is 0.614. The van der Waals surface area contributed by atoms with E-state index in [-0.39, 0.29) is 0 Å². The van der Waals surface area contributed by atoms with Crippen LogP contribution in [-0.2, 0) is 6.42 Å². The lowest BCUT2D eigenvalue weighted by Gasteiger charge is -2.16. The number of hydrogen-bond donors (Lipinski definition) is 0. The second-order valence-corrected chi connectivity index (χ2v) is 4.19. The molecule has 1 aliphatic heterocycles. The molecule has 0 saturated heterocycles. The maximum Gasteiger partial charge on any atom is 0.132 e. The van der Waals surface area contributed by atoms with Gasteiger partial charge in [0.15, 0.2) is 0 Å². The van der Waals surface area contributed by atoms with Crippen molar-refractivity contribution in [3.63, 3.8) is 0 Å². The van der Waals surface area contributed by atoms with Gasteiger partial charge in [-0.25, -0.2) is 4.98 Å². The summed E-state index contributed by atoms with van der Waals surface area (Å²) in [6.07, 6.45) is 3.12. The quantitative estimate of drug-likeness (QED) is 0.712. The predicted octanol–water partition coefficient (Wildman–Crippen LogP) is 2.59. The molecule has 14 heavy (non-hydrogen) atoms. The molecule has 2 heterocycles. The monoisotopic (exact) mass is 190 g/mol. The van der Waals surface area contributed by atoms with Crippen molar-refractivity contribution < 1.29 is 0 Å². The summed E-state index contributed by atoms with van der Waals surface area (Å²) in [5, 5.41) is 0. The second kappa shape index (κ2) is 3.60. The normalized spacial score (nSPS) is 15.0. The van der Waals surface area contributed by atoms with Crippen molar-refractivity contribution in [3.05, 3.63) is 23.4 Å². The third-order valence-corrected chi connectivity index (χ3v) is 3.00. The standard InChI is InChI=1S/C12H18N2/c1-4-14-8-6-11-10(9(2)3)5-7-13-12(11)14/h5,7,9H,4,6,8H2,1-3H3. The number of anilines is 1. The van der Waals surface area contributed by atoms with Crippen molar-refractivity contribution >= 4 is 5.82 Å². The minimum Gasteiger partial charge on any atom is -0.356 e. The molecular weight excluding hydrogens is 172 g/mol. The summed E-state index contributed by atoms with van der Waals surface area (Å²) in [4.78, 5) is 6.84. The maximum absolute atomic E-state index is 4.48. The van der Waals surface area contributed by atoms with Crippen molar-refractivity contribution in [2.24, 2.45) is 0 Å². The first-order valence-corrected chi connectivity index (χ1v) is 5.46. The van der Waals surface area contributed by atoms with Gasteiger partial charge in [0.25, 0.3) is 0 Å². The molecule has 0 aromatic carbocycles. The van der Waals surface area contributed by atoms with Crippen LogP contribution in [0.15, 0.2) is 12.3 Å². The molecule has 2 nitrogen and oxygen atoms in total. The Morgan fingerprint density at radius 2 is 2.29 bits per heavy atom. The molecule has 0 unspecified atom stereocenters. The smallest absolute Gasteiger partial charge is 0.132 e. The van der Waals surface area contributed by atoms with Crippen LogP contribution in [-0.4, -0.2) is 18.1 Å². The number of hydrogen-bond acceptors (Lipinski definition) is 2. The third kappa shape index (κ3) is 1.39. The predicted molar refractivity (Wildman–Crippen MR) is 59.9 cm³/mol. The molecule has 0 radical (unpaired) electrons. The summed E-state index contributed by atoms with van der Waals surface area (Å²) >= 11 is 0. The highest BCUT2D eigenvalue weighted by molar-refractivity contribution is 5.55. The highest BCUT2D eigenvalue weighted by Crippen LogP contribution is 2.31. The molecule has 0 amide bonds. The fraction of sp³-hybridized carbons (Fsp3) is 0.583. The zero-order valence-electron chi connectivity index (χ0n) is 9.25. The SMILES string of the molecule is CCN1CCc2c(C(C)C)ccnc21. The van der Waals surface area contributed by atoms with E-state index in [1.807, 2.05) is 6.20 Å². The van der Waals surface area contributed by atoms with E-state index in [4.69, 9.17) is 0 Å². The average molecular weight is 190 g/mol. The van der Waals surface area contributed by atoms with Crippen LogP contribution in [0.2, 0.25) is 0 Å². The molecule has 2 heteroatoms. The van der Waals surface area contributed by atoms with E-state index >= 15 is 0 Å². The summed E-state index contributed by atoms with van der Waals surface area (Å²) < 4.78 is 0. The summed E-state index contributed by atoms with van der Waals surface area (Å²) in [5.41, 5.74) is 2.95. The molecule has 1 aromatic rings. The summed E-state index contributed by atoms with van der Waals surface area (Å²) in [5.74, 6) is 1.84. The lowest BCUT2D eigenvalue weighted by Crippen LogP contribution is -2.20. The molecule has 0 aliphatic carbocycles. The Labute approximate surface area is 86.0 Å². The van der Waals surface area contributed by atoms with Gasteiger partial charge in [0.2, 0.25) is 0 Å². The molecule has 1 aliphatic rings.